The molecule has 0 radical (unpaired) electrons. The summed E-state index contributed by atoms with van der Waals surface area (Å²) in [4.78, 5) is 0. The van der Waals surface area contributed by atoms with Crippen molar-refractivity contribution in [1.82, 2.24) is 0 Å². The topological polar surface area (TPSA) is 40.5 Å². The van der Waals surface area contributed by atoms with Gasteiger partial charge >= 0.3 is 0 Å². The maximum atomic E-state index is 11.1. The van der Waals surface area contributed by atoms with Crippen molar-refractivity contribution in [2.75, 3.05) is 0 Å². The van der Waals surface area contributed by atoms with Crippen molar-refractivity contribution in [3.63, 3.8) is 0 Å². The van der Waals surface area contributed by atoms with E-state index in [1.807, 2.05) is 13.8 Å². The van der Waals surface area contributed by atoms with Crippen LogP contribution >= 0.6 is 0 Å². The molecule has 2 N–H and O–H groups in total. The van der Waals surface area contributed by atoms with Crippen molar-refractivity contribution in [1.29, 1.82) is 0 Å². The maximum Gasteiger partial charge on any atom is 0.0648 e. The van der Waals surface area contributed by atoms with E-state index in [2.05, 4.69) is 27.7 Å². The van der Waals surface area contributed by atoms with Gasteiger partial charge in [-0.25, -0.2) is 0 Å². The van der Waals surface area contributed by atoms with Crippen LogP contribution in [-0.4, -0.2) is 21.4 Å². The zero-order chi connectivity index (χ0) is 23.1. The molecule has 0 aromatic rings. The van der Waals surface area contributed by atoms with E-state index in [1.165, 1.54) is 51.4 Å². The first-order chi connectivity index (χ1) is 14.9. The van der Waals surface area contributed by atoms with Gasteiger partial charge in [-0.2, -0.15) is 0 Å². The molecule has 0 amide bonds. The summed E-state index contributed by atoms with van der Waals surface area (Å²) in [6.45, 7) is 14.0. The van der Waals surface area contributed by atoms with Crippen LogP contribution in [0, 0.1) is 58.2 Å². The highest BCUT2D eigenvalue weighted by atomic mass is 16.3. The summed E-state index contributed by atoms with van der Waals surface area (Å²) in [7, 11) is 0. The van der Waals surface area contributed by atoms with Gasteiger partial charge in [0.25, 0.3) is 0 Å². The quantitative estimate of drug-likeness (QED) is 0.454. The fourth-order valence-corrected chi connectivity index (χ4v) is 10.8. The Morgan fingerprint density at radius 2 is 1.72 bits per heavy atom. The molecular weight excluding hydrogens is 392 g/mol. The Labute approximate surface area is 198 Å². The van der Waals surface area contributed by atoms with Gasteiger partial charge in [0.15, 0.2) is 0 Å². The van der Waals surface area contributed by atoms with E-state index >= 15 is 0 Å². The van der Waals surface area contributed by atoms with Gasteiger partial charge in [0, 0.05) is 0 Å². The summed E-state index contributed by atoms with van der Waals surface area (Å²) in [5, 5.41) is 21.2. The standard InChI is InChI=1S/C30H52O2/c1-7-30(32)16-15-28(5)20(18-30)10-11-21-24(28)12-14-29(6)25(22-17-23(22)26(21)29)19(2)9-8-13-27(3,4)31/h19-26,31-32H,7-18H2,1-6H3/t19-,20+,21-,22-,23+,24+,25+,26-,28+,29-,30+/m1/s1. The van der Waals surface area contributed by atoms with Crippen molar-refractivity contribution >= 4 is 0 Å². The Balaban J connectivity index is 1.32. The van der Waals surface area contributed by atoms with Crippen LogP contribution in [0.25, 0.3) is 0 Å². The van der Waals surface area contributed by atoms with Gasteiger partial charge in [-0.3, -0.25) is 0 Å². The monoisotopic (exact) mass is 444 g/mol. The Morgan fingerprint density at radius 1 is 0.969 bits per heavy atom. The van der Waals surface area contributed by atoms with Crippen LogP contribution in [0.3, 0.4) is 0 Å². The van der Waals surface area contributed by atoms with Crippen LogP contribution < -0.4 is 0 Å². The molecule has 0 saturated heterocycles. The number of hydrogen-bond donors (Lipinski definition) is 2. The smallest absolute Gasteiger partial charge is 0.0648 e. The van der Waals surface area contributed by atoms with E-state index in [9.17, 15) is 10.2 Å². The Morgan fingerprint density at radius 3 is 2.41 bits per heavy atom. The van der Waals surface area contributed by atoms with Crippen molar-refractivity contribution in [2.45, 2.75) is 130 Å². The lowest BCUT2D eigenvalue weighted by Crippen LogP contribution is -2.56. The van der Waals surface area contributed by atoms with Crippen molar-refractivity contribution in [3.05, 3.63) is 0 Å². The fraction of sp³-hybridized carbons (Fsp3) is 1.00. The van der Waals surface area contributed by atoms with E-state index in [1.54, 1.807) is 0 Å². The van der Waals surface area contributed by atoms with Gasteiger partial charge in [0.1, 0.15) is 0 Å². The van der Waals surface area contributed by atoms with Crippen LogP contribution in [0.1, 0.15) is 119 Å². The molecule has 5 rings (SSSR count). The molecule has 0 aliphatic heterocycles. The zero-order valence-electron chi connectivity index (χ0n) is 22.0. The minimum atomic E-state index is -0.514. The molecule has 0 bridgehead atoms. The largest absolute Gasteiger partial charge is 0.390 e. The molecule has 2 heteroatoms. The minimum Gasteiger partial charge on any atom is -0.390 e. The molecule has 5 saturated carbocycles. The average molecular weight is 445 g/mol. The van der Waals surface area contributed by atoms with Crippen LogP contribution in [0.2, 0.25) is 0 Å². The summed E-state index contributed by atoms with van der Waals surface area (Å²) in [6.07, 6.45) is 14.9. The molecule has 5 aliphatic rings. The van der Waals surface area contributed by atoms with Gasteiger partial charge in [-0.1, -0.05) is 40.5 Å². The summed E-state index contributed by atoms with van der Waals surface area (Å²) in [5.41, 5.74) is 0.149. The van der Waals surface area contributed by atoms with E-state index < -0.39 is 5.60 Å². The summed E-state index contributed by atoms with van der Waals surface area (Å²) >= 11 is 0. The van der Waals surface area contributed by atoms with Crippen LogP contribution in [0.4, 0.5) is 0 Å². The molecule has 0 aromatic heterocycles. The van der Waals surface area contributed by atoms with Crippen LogP contribution in [0.15, 0.2) is 0 Å². The van der Waals surface area contributed by atoms with E-state index in [-0.39, 0.29) is 5.60 Å². The van der Waals surface area contributed by atoms with Gasteiger partial charge in [0.2, 0.25) is 0 Å². The number of aliphatic hydroxyl groups is 2. The highest BCUT2D eigenvalue weighted by molar-refractivity contribution is 5.19. The second-order valence-corrected chi connectivity index (χ2v) is 14.7. The summed E-state index contributed by atoms with van der Waals surface area (Å²) in [5.74, 6) is 7.33. The van der Waals surface area contributed by atoms with Gasteiger partial charge in [-0.15, -0.1) is 0 Å². The van der Waals surface area contributed by atoms with E-state index in [0.717, 1.165) is 73.0 Å². The second kappa shape index (κ2) is 7.71. The summed E-state index contributed by atoms with van der Waals surface area (Å²) < 4.78 is 0. The molecule has 0 heterocycles. The van der Waals surface area contributed by atoms with Crippen molar-refractivity contribution in [3.8, 4) is 0 Å². The third-order valence-corrected chi connectivity index (χ3v) is 12.4. The maximum absolute atomic E-state index is 11.1. The van der Waals surface area contributed by atoms with Gasteiger partial charge in [0.05, 0.1) is 11.2 Å². The van der Waals surface area contributed by atoms with Gasteiger partial charge < -0.3 is 10.2 Å². The molecule has 184 valence electrons. The Hall–Kier alpha value is -0.0800. The third kappa shape index (κ3) is 3.64. The molecule has 0 unspecified atom stereocenters. The first-order valence-electron chi connectivity index (χ1n) is 14.4. The predicted molar refractivity (Wildman–Crippen MR) is 132 cm³/mol. The van der Waals surface area contributed by atoms with Crippen molar-refractivity contribution in [2.24, 2.45) is 58.2 Å². The SMILES string of the molecule is CC[C@]1(O)CC[C@@]2(C)[C@@H](CC[C@H]3[C@@H]4[C@H]5C[C@H]5[C@H]([C@H](C)CCCC(C)(C)O)[C@@]4(C)CC[C@@H]32)C1. The van der Waals surface area contributed by atoms with Crippen molar-refractivity contribution < 1.29 is 10.2 Å². The Bertz CT molecular complexity index is 710. The summed E-state index contributed by atoms with van der Waals surface area (Å²) in [6, 6.07) is 0. The molecule has 5 aliphatic carbocycles. The normalized spacial score (nSPS) is 53.1. The lowest BCUT2D eigenvalue weighted by molar-refractivity contribution is -0.158. The van der Waals surface area contributed by atoms with E-state index in [4.69, 9.17) is 0 Å². The van der Waals surface area contributed by atoms with E-state index in [0.29, 0.717) is 10.8 Å². The Kier molecular flexibility index (Phi) is 5.70. The predicted octanol–water partition coefficient (Wildman–Crippen LogP) is 7.22. The highest BCUT2D eigenvalue weighted by Crippen LogP contribution is 2.77. The lowest BCUT2D eigenvalue weighted by atomic mass is 9.43. The molecule has 0 aromatic carbocycles. The molecule has 32 heavy (non-hydrogen) atoms. The highest BCUT2D eigenvalue weighted by Gasteiger charge is 2.71. The molecule has 2 nitrogen and oxygen atoms in total. The first-order valence-corrected chi connectivity index (χ1v) is 14.4. The third-order valence-electron chi connectivity index (χ3n) is 12.4. The fourth-order valence-electron chi connectivity index (χ4n) is 10.8. The second-order valence-electron chi connectivity index (χ2n) is 14.7. The van der Waals surface area contributed by atoms with Crippen LogP contribution in [0.5, 0.6) is 0 Å². The zero-order valence-corrected chi connectivity index (χ0v) is 22.0. The molecular formula is C30H52O2. The average Bonchev–Trinajstić information content (AvgIpc) is 3.41. The molecule has 11 atom stereocenters. The number of hydrogen-bond acceptors (Lipinski definition) is 2. The number of rotatable bonds is 6. The minimum absolute atomic E-state index is 0.376. The molecule has 0 spiro atoms. The number of fused-ring (bicyclic) bond motifs is 7. The lowest BCUT2D eigenvalue weighted by Gasteiger charge is -2.63. The molecule has 5 fully saturated rings. The van der Waals surface area contributed by atoms with Gasteiger partial charge in [-0.05, 0) is 136 Å². The van der Waals surface area contributed by atoms with Crippen LogP contribution in [-0.2, 0) is 0 Å². The first kappa shape index (κ1) is 23.7.